The number of rotatable bonds is 6. The molecule has 0 atom stereocenters. The molecule has 122 valence electrons. The van der Waals surface area contributed by atoms with Crippen molar-refractivity contribution in [2.75, 3.05) is 33.3 Å². The van der Waals surface area contributed by atoms with E-state index in [-0.39, 0.29) is 17.9 Å². The van der Waals surface area contributed by atoms with E-state index in [1.807, 2.05) is 0 Å². The lowest BCUT2D eigenvalue weighted by molar-refractivity contribution is 0.213. The molecule has 0 aliphatic carbocycles. The molecule has 6 heteroatoms. The fourth-order valence-electron chi connectivity index (χ4n) is 2.38. The third kappa shape index (κ3) is 5.89. The van der Waals surface area contributed by atoms with Gasteiger partial charge >= 0.3 is 6.03 Å². The van der Waals surface area contributed by atoms with Gasteiger partial charge in [0.05, 0.1) is 6.61 Å². The predicted molar refractivity (Wildman–Crippen MR) is 83.6 cm³/mol. The summed E-state index contributed by atoms with van der Waals surface area (Å²) in [7, 11) is 2.09. The number of nitrogens with one attached hydrogen (secondary N) is 2. The molecule has 1 aromatic carbocycles. The Balaban J connectivity index is 1.52. The van der Waals surface area contributed by atoms with Crippen LogP contribution in [0.2, 0.25) is 0 Å². The van der Waals surface area contributed by atoms with Crippen molar-refractivity contribution in [2.24, 2.45) is 0 Å². The van der Waals surface area contributed by atoms with E-state index in [0.29, 0.717) is 25.3 Å². The number of carbonyl (C=O) groups excluding carboxylic acids is 1. The summed E-state index contributed by atoms with van der Waals surface area (Å²) >= 11 is 0. The van der Waals surface area contributed by atoms with E-state index < -0.39 is 0 Å². The highest BCUT2D eigenvalue weighted by Gasteiger charge is 2.17. The van der Waals surface area contributed by atoms with E-state index in [1.165, 1.54) is 12.1 Å². The molecule has 1 fully saturated rings. The van der Waals surface area contributed by atoms with Crippen molar-refractivity contribution in [1.82, 2.24) is 15.5 Å². The van der Waals surface area contributed by atoms with Crippen LogP contribution in [0.25, 0.3) is 0 Å². The zero-order valence-electron chi connectivity index (χ0n) is 13.0. The second-order valence-corrected chi connectivity index (χ2v) is 5.63. The maximum Gasteiger partial charge on any atom is 0.315 e. The number of halogens is 1. The average molecular weight is 309 g/mol. The topological polar surface area (TPSA) is 53.6 Å². The second-order valence-electron chi connectivity index (χ2n) is 5.63. The lowest BCUT2D eigenvalue weighted by Gasteiger charge is -2.29. The number of urea groups is 1. The fourth-order valence-corrected chi connectivity index (χ4v) is 2.38. The second kappa shape index (κ2) is 8.58. The zero-order valence-corrected chi connectivity index (χ0v) is 13.0. The first kappa shape index (κ1) is 16.5. The first-order valence-electron chi connectivity index (χ1n) is 7.75. The van der Waals surface area contributed by atoms with Gasteiger partial charge in [0.1, 0.15) is 11.6 Å². The Morgan fingerprint density at radius 3 is 2.68 bits per heavy atom. The number of likely N-dealkylation sites (tertiary alicyclic amines) is 1. The molecular weight excluding hydrogens is 285 g/mol. The van der Waals surface area contributed by atoms with Crippen LogP contribution in [-0.4, -0.2) is 50.3 Å². The number of hydrogen-bond donors (Lipinski definition) is 2. The van der Waals surface area contributed by atoms with Gasteiger partial charge in [-0.15, -0.1) is 0 Å². The van der Waals surface area contributed by atoms with Gasteiger partial charge < -0.3 is 20.3 Å². The highest BCUT2D eigenvalue weighted by atomic mass is 19.1. The Labute approximate surface area is 130 Å². The molecule has 5 nitrogen and oxygen atoms in total. The van der Waals surface area contributed by atoms with Crippen molar-refractivity contribution in [3.8, 4) is 5.75 Å². The van der Waals surface area contributed by atoms with Crippen molar-refractivity contribution in [3.63, 3.8) is 0 Å². The van der Waals surface area contributed by atoms with Gasteiger partial charge in [-0.2, -0.15) is 0 Å². The Morgan fingerprint density at radius 2 is 2.00 bits per heavy atom. The molecule has 0 spiro atoms. The van der Waals surface area contributed by atoms with Gasteiger partial charge in [-0.1, -0.05) is 0 Å². The van der Waals surface area contributed by atoms with E-state index >= 15 is 0 Å². The largest absolute Gasteiger partial charge is 0.494 e. The summed E-state index contributed by atoms with van der Waals surface area (Å²) in [5.74, 6) is 0.358. The molecule has 0 radical (unpaired) electrons. The maximum absolute atomic E-state index is 12.7. The highest BCUT2D eigenvalue weighted by molar-refractivity contribution is 5.74. The summed E-state index contributed by atoms with van der Waals surface area (Å²) < 4.78 is 18.2. The number of benzene rings is 1. The number of ether oxygens (including phenoxy) is 1. The van der Waals surface area contributed by atoms with Crippen LogP contribution >= 0.6 is 0 Å². The van der Waals surface area contributed by atoms with Crippen LogP contribution < -0.4 is 15.4 Å². The van der Waals surface area contributed by atoms with Crippen LogP contribution in [0.1, 0.15) is 19.3 Å². The molecule has 1 saturated heterocycles. The van der Waals surface area contributed by atoms with Crippen molar-refractivity contribution < 1.29 is 13.9 Å². The number of nitrogens with zero attached hydrogens (tertiary/aromatic N) is 1. The summed E-state index contributed by atoms with van der Waals surface area (Å²) in [6, 6.07) is 6.07. The van der Waals surface area contributed by atoms with E-state index in [4.69, 9.17) is 4.74 Å². The molecule has 0 saturated carbocycles. The number of carbonyl (C=O) groups is 1. The summed E-state index contributed by atoms with van der Waals surface area (Å²) in [5.41, 5.74) is 0. The standard InChI is InChI=1S/C16H24FN3O2/c1-20-10-7-14(8-11-20)19-16(21)18-9-2-12-22-15-5-3-13(17)4-6-15/h3-6,14H,2,7-12H2,1H3,(H2,18,19,21). The molecule has 2 N–H and O–H groups in total. The summed E-state index contributed by atoms with van der Waals surface area (Å²) in [6.45, 7) is 3.09. The first-order valence-corrected chi connectivity index (χ1v) is 7.75. The van der Waals surface area contributed by atoms with E-state index in [0.717, 1.165) is 25.9 Å². The summed E-state index contributed by atoms with van der Waals surface area (Å²) in [4.78, 5) is 14.0. The molecule has 1 heterocycles. The van der Waals surface area contributed by atoms with Gasteiger partial charge in [0.15, 0.2) is 0 Å². The van der Waals surface area contributed by atoms with Gasteiger partial charge in [-0.3, -0.25) is 0 Å². The van der Waals surface area contributed by atoms with Crippen molar-refractivity contribution in [2.45, 2.75) is 25.3 Å². The Kier molecular flexibility index (Phi) is 6.45. The van der Waals surface area contributed by atoms with Gasteiger partial charge in [0, 0.05) is 12.6 Å². The van der Waals surface area contributed by atoms with Crippen LogP contribution in [-0.2, 0) is 0 Å². The van der Waals surface area contributed by atoms with Gasteiger partial charge in [-0.25, -0.2) is 9.18 Å². The number of amides is 2. The molecule has 1 aliphatic rings. The van der Waals surface area contributed by atoms with Crippen LogP contribution in [0.15, 0.2) is 24.3 Å². The first-order chi connectivity index (χ1) is 10.6. The Bertz CT molecular complexity index is 459. The summed E-state index contributed by atoms with van der Waals surface area (Å²) in [5, 5.41) is 5.83. The SMILES string of the molecule is CN1CCC(NC(=O)NCCCOc2ccc(F)cc2)CC1. The zero-order chi connectivity index (χ0) is 15.8. The monoisotopic (exact) mass is 309 g/mol. The van der Waals surface area contributed by atoms with Crippen LogP contribution in [0.4, 0.5) is 9.18 Å². The summed E-state index contributed by atoms with van der Waals surface area (Å²) in [6.07, 6.45) is 2.70. The lowest BCUT2D eigenvalue weighted by Crippen LogP contribution is -2.47. The number of hydrogen-bond acceptors (Lipinski definition) is 3. The predicted octanol–water partition coefficient (Wildman–Crippen LogP) is 1.99. The Hall–Kier alpha value is -1.82. The fraction of sp³-hybridized carbons (Fsp3) is 0.562. The van der Waals surface area contributed by atoms with Crippen molar-refractivity contribution in [1.29, 1.82) is 0 Å². The maximum atomic E-state index is 12.7. The van der Waals surface area contributed by atoms with Crippen molar-refractivity contribution >= 4 is 6.03 Å². The highest BCUT2D eigenvalue weighted by Crippen LogP contribution is 2.11. The Morgan fingerprint density at radius 1 is 1.32 bits per heavy atom. The molecule has 2 amide bonds. The van der Waals surface area contributed by atoms with Crippen LogP contribution in [0.5, 0.6) is 5.75 Å². The minimum absolute atomic E-state index is 0.115. The molecule has 0 bridgehead atoms. The third-order valence-corrected chi connectivity index (χ3v) is 3.74. The molecule has 1 aromatic rings. The minimum atomic E-state index is -0.278. The smallest absolute Gasteiger partial charge is 0.315 e. The van der Waals surface area contributed by atoms with E-state index in [9.17, 15) is 9.18 Å². The van der Waals surface area contributed by atoms with Crippen LogP contribution in [0, 0.1) is 5.82 Å². The number of piperidine rings is 1. The minimum Gasteiger partial charge on any atom is -0.494 e. The lowest BCUT2D eigenvalue weighted by atomic mass is 10.1. The van der Waals surface area contributed by atoms with Gasteiger partial charge in [0.25, 0.3) is 0 Å². The normalized spacial score (nSPS) is 16.3. The van der Waals surface area contributed by atoms with Crippen molar-refractivity contribution in [3.05, 3.63) is 30.1 Å². The molecular formula is C16H24FN3O2. The van der Waals surface area contributed by atoms with E-state index in [2.05, 4.69) is 22.6 Å². The van der Waals surface area contributed by atoms with Crippen LogP contribution in [0.3, 0.4) is 0 Å². The molecule has 0 unspecified atom stereocenters. The average Bonchev–Trinajstić information content (AvgIpc) is 2.51. The van der Waals surface area contributed by atoms with Gasteiger partial charge in [-0.05, 0) is 63.7 Å². The molecule has 2 rings (SSSR count). The molecule has 0 aromatic heterocycles. The van der Waals surface area contributed by atoms with E-state index in [1.54, 1.807) is 12.1 Å². The quantitative estimate of drug-likeness (QED) is 0.790. The molecule has 22 heavy (non-hydrogen) atoms. The van der Waals surface area contributed by atoms with Gasteiger partial charge in [0.2, 0.25) is 0 Å². The third-order valence-electron chi connectivity index (χ3n) is 3.74. The molecule has 1 aliphatic heterocycles.